The van der Waals surface area contributed by atoms with Gasteiger partial charge in [0, 0.05) is 62.6 Å². The van der Waals surface area contributed by atoms with Gasteiger partial charge >= 0.3 is 0 Å². The Hall–Kier alpha value is -3.25. The maximum Gasteiger partial charge on any atom is 0.259 e. The number of aromatic nitrogens is 2. The molecule has 0 spiro atoms. The smallest absolute Gasteiger partial charge is 0.259 e. The average molecular weight is 459 g/mol. The van der Waals surface area contributed by atoms with E-state index in [9.17, 15) is 9.59 Å². The summed E-state index contributed by atoms with van der Waals surface area (Å²) in [4.78, 5) is 35.3. The van der Waals surface area contributed by atoms with Crippen molar-refractivity contribution >= 4 is 5.91 Å². The van der Waals surface area contributed by atoms with Crippen LogP contribution in [0.4, 0.5) is 0 Å². The van der Waals surface area contributed by atoms with E-state index < -0.39 is 0 Å². The summed E-state index contributed by atoms with van der Waals surface area (Å²) in [6.07, 6.45) is 6.06. The Kier molecular flexibility index (Phi) is 7.91. The van der Waals surface area contributed by atoms with Gasteiger partial charge < -0.3 is 9.47 Å². The van der Waals surface area contributed by atoms with E-state index in [0.29, 0.717) is 31.6 Å². The van der Waals surface area contributed by atoms with Crippen LogP contribution in [-0.2, 0) is 19.4 Å². The molecule has 1 saturated heterocycles. The highest BCUT2D eigenvalue weighted by molar-refractivity contribution is 5.95. The van der Waals surface area contributed by atoms with Crippen molar-refractivity contribution in [1.29, 1.82) is 0 Å². The molecule has 3 heterocycles. The Morgan fingerprint density at radius 1 is 0.941 bits per heavy atom. The largest absolute Gasteiger partial charge is 0.343 e. The third kappa shape index (κ3) is 5.62. The van der Waals surface area contributed by atoms with E-state index >= 15 is 0 Å². The molecule has 0 saturated carbocycles. The highest BCUT2D eigenvalue weighted by atomic mass is 16.2. The van der Waals surface area contributed by atoms with Gasteiger partial charge in [-0.1, -0.05) is 37.3 Å². The fourth-order valence-corrected chi connectivity index (χ4v) is 4.77. The summed E-state index contributed by atoms with van der Waals surface area (Å²) in [5.74, 6) is -0.132. The predicted octanol–water partition coefficient (Wildman–Crippen LogP) is 3.55. The molecule has 0 bridgehead atoms. The molecular formula is C28H34N4O2. The standard InChI is InChI=1S/C28H34N4O2/c1-3-15-30-16-18-31(19-17-30)28(34)27-25(10-9-23-7-5-4-6-8-23)32(22(2)20-26(27)33)21-24-11-13-29-14-12-24/h4-8,11-14,20H,3,9-10,15-19,21H2,1-2H3. The Labute approximate surface area is 201 Å². The first-order chi connectivity index (χ1) is 16.6. The maximum atomic E-state index is 13.7. The molecule has 0 aliphatic carbocycles. The number of piperazine rings is 1. The number of hydrogen-bond donors (Lipinski definition) is 0. The van der Waals surface area contributed by atoms with Crippen molar-refractivity contribution in [1.82, 2.24) is 19.4 Å². The molecule has 0 radical (unpaired) electrons. The molecule has 3 aromatic rings. The van der Waals surface area contributed by atoms with E-state index in [1.807, 2.05) is 42.2 Å². The quantitative estimate of drug-likeness (QED) is 0.518. The molecule has 178 valence electrons. The Morgan fingerprint density at radius 3 is 2.32 bits per heavy atom. The first-order valence-electron chi connectivity index (χ1n) is 12.2. The minimum atomic E-state index is -0.174. The van der Waals surface area contributed by atoms with Crippen molar-refractivity contribution in [3.05, 3.63) is 99.2 Å². The summed E-state index contributed by atoms with van der Waals surface area (Å²) in [5, 5.41) is 0. The number of aryl methyl sites for hydroxylation is 2. The summed E-state index contributed by atoms with van der Waals surface area (Å²) < 4.78 is 2.14. The molecular weight excluding hydrogens is 424 g/mol. The highest BCUT2D eigenvalue weighted by Gasteiger charge is 2.27. The second-order valence-corrected chi connectivity index (χ2v) is 9.03. The molecule has 0 atom stereocenters. The Bertz CT molecular complexity index is 1150. The van der Waals surface area contributed by atoms with E-state index in [4.69, 9.17) is 0 Å². The van der Waals surface area contributed by atoms with Crippen LogP contribution in [0.5, 0.6) is 0 Å². The molecule has 4 rings (SSSR count). The third-order valence-electron chi connectivity index (χ3n) is 6.62. The van der Waals surface area contributed by atoms with Crippen LogP contribution in [0.2, 0.25) is 0 Å². The number of nitrogens with zero attached hydrogens (tertiary/aromatic N) is 4. The second kappa shape index (κ2) is 11.3. The number of carbonyl (C=O) groups is 1. The van der Waals surface area contributed by atoms with Crippen molar-refractivity contribution in [3.63, 3.8) is 0 Å². The van der Waals surface area contributed by atoms with Gasteiger partial charge in [0.15, 0.2) is 5.43 Å². The summed E-state index contributed by atoms with van der Waals surface area (Å²) in [6, 6.07) is 15.8. The molecule has 0 N–H and O–H groups in total. The highest BCUT2D eigenvalue weighted by Crippen LogP contribution is 2.18. The first-order valence-corrected chi connectivity index (χ1v) is 12.2. The summed E-state index contributed by atoms with van der Waals surface area (Å²) in [5.41, 5.74) is 4.14. The molecule has 6 heteroatoms. The maximum absolute atomic E-state index is 13.7. The van der Waals surface area contributed by atoms with Crippen LogP contribution >= 0.6 is 0 Å². The number of rotatable bonds is 8. The molecule has 2 aromatic heterocycles. The van der Waals surface area contributed by atoms with E-state index in [-0.39, 0.29) is 11.3 Å². The van der Waals surface area contributed by atoms with Crippen LogP contribution in [0.1, 0.15) is 46.2 Å². The van der Waals surface area contributed by atoms with Gasteiger partial charge in [-0.3, -0.25) is 19.5 Å². The monoisotopic (exact) mass is 458 g/mol. The number of benzene rings is 1. The normalized spacial score (nSPS) is 14.4. The Morgan fingerprint density at radius 2 is 1.65 bits per heavy atom. The van der Waals surface area contributed by atoms with Gasteiger partial charge in [0.2, 0.25) is 0 Å². The lowest BCUT2D eigenvalue weighted by molar-refractivity contribution is 0.0634. The van der Waals surface area contributed by atoms with Crippen molar-refractivity contribution in [2.45, 2.75) is 39.7 Å². The molecule has 34 heavy (non-hydrogen) atoms. The van der Waals surface area contributed by atoms with Crippen LogP contribution in [-0.4, -0.2) is 58.0 Å². The lowest BCUT2D eigenvalue weighted by Gasteiger charge is -2.35. The van der Waals surface area contributed by atoms with E-state index in [2.05, 4.69) is 33.5 Å². The van der Waals surface area contributed by atoms with Crippen LogP contribution in [0.15, 0.2) is 65.7 Å². The van der Waals surface area contributed by atoms with Crippen molar-refractivity contribution in [2.75, 3.05) is 32.7 Å². The van der Waals surface area contributed by atoms with E-state index in [0.717, 1.165) is 49.4 Å². The Balaban J connectivity index is 1.69. The molecule has 1 amide bonds. The summed E-state index contributed by atoms with van der Waals surface area (Å²) in [6.45, 7) is 8.81. The number of pyridine rings is 2. The van der Waals surface area contributed by atoms with Gasteiger partial charge in [-0.05, 0) is 56.0 Å². The number of amides is 1. The zero-order valence-corrected chi connectivity index (χ0v) is 20.2. The van der Waals surface area contributed by atoms with Gasteiger partial charge in [-0.25, -0.2) is 0 Å². The van der Waals surface area contributed by atoms with E-state index in [1.165, 1.54) is 5.56 Å². The number of carbonyl (C=O) groups excluding carboxylic acids is 1. The minimum absolute atomic E-state index is 0.132. The molecule has 6 nitrogen and oxygen atoms in total. The van der Waals surface area contributed by atoms with Gasteiger partial charge in [-0.2, -0.15) is 0 Å². The molecule has 0 unspecified atom stereocenters. The SMILES string of the molecule is CCCN1CCN(C(=O)c2c(CCc3ccccc3)n(Cc3ccncc3)c(C)cc2=O)CC1. The molecule has 1 aromatic carbocycles. The van der Waals surface area contributed by atoms with Crippen LogP contribution < -0.4 is 5.43 Å². The topological polar surface area (TPSA) is 58.4 Å². The van der Waals surface area contributed by atoms with Gasteiger partial charge in [0.05, 0.1) is 0 Å². The molecule has 1 aliphatic heterocycles. The van der Waals surface area contributed by atoms with Gasteiger partial charge in [0.25, 0.3) is 5.91 Å². The number of hydrogen-bond acceptors (Lipinski definition) is 4. The lowest BCUT2D eigenvalue weighted by Crippen LogP contribution is -2.50. The van der Waals surface area contributed by atoms with Crippen molar-refractivity contribution < 1.29 is 4.79 Å². The summed E-state index contributed by atoms with van der Waals surface area (Å²) >= 11 is 0. The van der Waals surface area contributed by atoms with E-state index in [1.54, 1.807) is 18.5 Å². The lowest BCUT2D eigenvalue weighted by atomic mass is 10.0. The average Bonchev–Trinajstić information content (AvgIpc) is 2.86. The third-order valence-corrected chi connectivity index (χ3v) is 6.62. The van der Waals surface area contributed by atoms with Crippen LogP contribution in [0.3, 0.4) is 0 Å². The predicted molar refractivity (Wildman–Crippen MR) is 135 cm³/mol. The minimum Gasteiger partial charge on any atom is -0.343 e. The molecule has 1 fully saturated rings. The fraction of sp³-hybridized carbons (Fsp3) is 0.393. The fourth-order valence-electron chi connectivity index (χ4n) is 4.77. The van der Waals surface area contributed by atoms with Crippen molar-refractivity contribution in [2.24, 2.45) is 0 Å². The summed E-state index contributed by atoms with van der Waals surface area (Å²) in [7, 11) is 0. The zero-order chi connectivity index (χ0) is 23.9. The van der Waals surface area contributed by atoms with Crippen LogP contribution in [0, 0.1) is 6.92 Å². The first kappa shape index (κ1) is 23.9. The zero-order valence-electron chi connectivity index (χ0n) is 20.2. The molecule has 1 aliphatic rings. The second-order valence-electron chi connectivity index (χ2n) is 9.03. The van der Waals surface area contributed by atoms with Gasteiger partial charge in [-0.15, -0.1) is 0 Å². The van der Waals surface area contributed by atoms with Crippen molar-refractivity contribution in [3.8, 4) is 0 Å². The van der Waals surface area contributed by atoms with Gasteiger partial charge in [0.1, 0.15) is 5.56 Å². The van der Waals surface area contributed by atoms with Crippen LogP contribution in [0.25, 0.3) is 0 Å².